The van der Waals surface area contributed by atoms with Crippen LogP contribution < -0.4 is 19.5 Å². The number of nitrogens with zero attached hydrogens (tertiary/aromatic N) is 2. The number of carbonyl (C=O) groups excluding carboxylic acids is 1. The molecule has 0 fully saturated rings. The van der Waals surface area contributed by atoms with Crippen molar-refractivity contribution in [2.24, 2.45) is 0 Å². The van der Waals surface area contributed by atoms with E-state index in [4.69, 9.17) is 18.7 Å². The summed E-state index contributed by atoms with van der Waals surface area (Å²) in [6.45, 7) is 2.43. The van der Waals surface area contributed by atoms with Crippen LogP contribution in [-0.2, 0) is 10.5 Å². The molecule has 30 heavy (non-hydrogen) atoms. The van der Waals surface area contributed by atoms with Gasteiger partial charge in [-0.3, -0.25) is 4.79 Å². The minimum Gasteiger partial charge on any atom is -0.493 e. The average molecular weight is 429 g/mol. The van der Waals surface area contributed by atoms with Crippen molar-refractivity contribution in [1.82, 2.24) is 10.1 Å². The van der Waals surface area contributed by atoms with Gasteiger partial charge in [0.25, 0.3) is 0 Å². The Labute approximate surface area is 178 Å². The lowest BCUT2D eigenvalue weighted by Gasteiger charge is -2.10. The summed E-state index contributed by atoms with van der Waals surface area (Å²) in [5.41, 5.74) is 1.40. The summed E-state index contributed by atoms with van der Waals surface area (Å²) >= 11 is 1.38. The fourth-order valence-corrected chi connectivity index (χ4v) is 3.33. The van der Waals surface area contributed by atoms with Crippen LogP contribution in [-0.4, -0.2) is 42.6 Å². The summed E-state index contributed by atoms with van der Waals surface area (Å²) in [7, 11) is 3.14. The smallest absolute Gasteiger partial charge is 0.236 e. The van der Waals surface area contributed by atoms with Crippen LogP contribution >= 0.6 is 11.8 Å². The largest absolute Gasteiger partial charge is 0.493 e. The molecule has 0 unspecified atom stereocenters. The summed E-state index contributed by atoms with van der Waals surface area (Å²) in [6, 6.07) is 12.7. The zero-order chi connectivity index (χ0) is 21.3. The van der Waals surface area contributed by atoms with E-state index in [9.17, 15) is 4.79 Å². The summed E-state index contributed by atoms with van der Waals surface area (Å²) in [6.07, 6.45) is 0. The van der Waals surface area contributed by atoms with E-state index in [0.717, 1.165) is 5.56 Å². The first-order chi connectivity index (χ1) is 14.6. The van der Waals surface area contributed by atoms with Crippen LogP contribution in [0.15, 0.2) is 47.0 Å². The number of rotatable bonds is 10. The number of aromatic nitrogens is 2. The molecule has 0 saturated heterocycles. The van der Waals surface area contributed by atoms with Crippen LogP contribution in [0.5, 0.6) is 17.2 Å². The Morgan fingerprint density at radius 3 is 2.67 bits per heavy atom. The van der Waals surface area contributed by atoms with Crippen LogP contribution in [0, 0.1) is 0 Å². The van der Waals surface area contributed by atoms with Gasteiger partial charge >= 0.3 is 0 Å². The molecule has 8 nitrogen and oxygen atoms in total. The second kappa shape index (κ2) is 10.5. The van der Waals surface area contributed by atoms with Crippen LogP contribution in [0.1, 0.15) is 12.8 Å². The number of methoxy groups -OCH3 is 2. The Balaban J connectivity index is 1.54. The van der Waals surface area contributed by atoms with Gasteiger partial charge in [0.2, 0.25) is 17.6 Å². The quantitative estimate of drug-likeness (QED) is 0.516. The predicted molar refractivity (Wildman–Crippen MR) is 115 cm³/mol. The summed E-state index contributed by atoms with van der Waals surface area (Å²) in [4.78, 5) is 16.6. The monoisotopic (exact) mass is 429 g/mol. The average Bonchev–Trinajstić information content (AvgIpc) is 3.23. The minimum atomic E-state index is -0.133. The molecule has 0 aliphatic carbocycles. The summed E-state index contributed by atoms with van der Waals surface area (Å²) < 4.78 is 21.3. The highest BCUT2D eigenvalue weighted by Crippen LogP contribution is 2.31. The maximum atomic E-state index is 12.2. The van der Waals surface area contributed by atoms with E-state index in [1.807, 2.05) is 31.2 Å². The van der Waals surface area contributed by atoms with Crippen LogP contribution in [0.25, 0.3) is 11.4 Å². The lowest BCUT2D eigenvalue weighted by molar-refractivity contribution is -0.113. The standard InChI is InChI=1S/C21H23N3O5S/c1-4-28-16-8-6-5-7-15(16)22-19(25)12-30-13-20-23-21(24-29-20)14-9-10-17(26-2)18(11-14)27-3/h5-11H,4,12-13H2,1-3H3,(H,22,25). The van der Waals surface area contributed by atoms with E-state index in [1.165, 1.54) is 11.8 Å². The lowest BCUT2D eigenvalue weighted by atomic mass is 10.2. The van der Waals surface area contributed by atoms with Crippen LogP contribution in [0.3, 0.4) is 0 Å². The molecule has 1 heterocycles. The molecule has 0 aliphatic heterocycles. The van der Waals surface area contributed by atoms with Crippen molar-refractivity contribution in [1.29, 1.82) is 0 Å². The Morgan fingerprint density at radius 1 is 1.10 bits per heavy atom. The number of thioether (sulfide) groups is 1. The lowest BCUT2D eigenvalue weighted by Crippen LogP contribution is -2.15. The number of ether oxygens (including phenoxy) is 3. The highest BCUT2D eigenvalue weighted by Gasteiger charge is 2.13. The van der Waals surface area contributed by atoms with Crippen molar-refractivity contribution < 1.29 is 23.5 Å². The molecule has 0 saturated carbocycles. The molecule has 9 heteroatoms. The van der Waals surface area contributed by atoms with Crippen molar-refractivity contribution >= 4 is 23.4 Å². The molecule has 0 bridgehead atoms. The highest BCUT2D eigenvalue weighted by atomic mass is 32.2. The molecule has 1 amide bonds. The van der Waals surface area contributed by atoms with Gasteiger partial charge in [-0.15, -0.1) is 11.8 Å². The first-order valence-corrected chi connectivity index (χ1v) is 10.4. The predicted octanol–water partition coefficient (Wildman–Crippen LogP) is 4.02. The number of anilines is 1. The van der Waals surface area contributed by atoms with Gasteiger partial charge in [0, 0.05) is 5.56 Å². The van der Waals surface area contributed by atoms with E-state index in [0.29, 0.717) is 47.0 Å². The molecule has 3 rings (SSSR count). The Hall–Kier alpha value is -3.20. The number of hydrogen-bond acceptors (Lipinski definition) is 8. The van der Waals surface area contributed by atoms with Crippen molar-refractivity contribution in [2.75, 3.05) is 31.9 Å². The third-order valence-electron chi connectivity index (χ3n) is 4.03. The third kappa shape index (κ3) is 5.44. The fourth-order valence-electron chi connectivity index (χ4n) is 2.67. The molecule has 3 aromatic rings. The maximum Gasteiger partial charge on any atom is 0.236 e. The van der Waals surface area contributed by atoms with Gasteiger partial charge in [0.1, 0.15) is 5.75 Å². The van der Waals surface area contributed by atoms with Crippen LogP contribution in [0.2, 0.25) is 0 Å². The van der Waals surface area contributed by atoms with E-state index in [2.05, 4.69) is 15.5 Å². The Kier molecular flexibility index (Phi) is 7.56. The Bertz CT molecular complexity index is 992. The highest BCUT2D eigenvalue weighted by molar-refractivity contribution is 7.99. The van der Waals surface area contributed by atoms with Gasteiger partial charge in [-0.2, -0.15) is 4.98 Å². The maximum absolute atomic E-state index is 12.2. The number of para-hydroxylation sites is 2. The number of hydrogen-bond donors (Lipinski definition) is 1. The van der Waals surface area contributed by atoms with Gasteiger partial charge in [-0.25, -0.2) is 0 Å². The SMILES string of the molecule is CCOc1ccccc1NC(=O)CSCc1nc(-c2ccc(OC)c(OC)c2)no1. The second-order valence-corrected chi connectivity index (χ2v) is 7.04. The minimum absolute atomic E-state index is 0.133. The number of nitrogens with one attached hydrogen (secondary N) is 1. The number of amides is 1. The number of benzene rings is 2. The molecular formula is C21H23N3O5S. The van der Waals surface area contributed by atoms with E-state index in [1.54, 1.807) is 32.4 Å². The van der Waals surface area contributed by atoms with Gasteiger partial charge in [-0.1, -0.05) is 17.3 Å². The van der Waals surface area contributed by atoms with Crippen molar-refractivity contribution in [3.05, 3.63) is 48.4 Å². The Morgan fingerprint density at radius 2 is 1.90 bits per heavy atom. The third-order valence-corrected chi connectivity index (χ3v) is 4.95. The molecule has 1 N–H and O–H groups in total. The van der Waals surface area contributed by atoms with E-state index < -0.39 is 0 Å². The summed E-state index contributed by atoms with van der Waals surface area (Å²) in [5.74, 6) is 3.27. The van der Waals surface area contributed by atoms with E-state index >= 15 is 0 Å². The van der Waals surface area contributed by atoms with Gasteiger partial charge in [0.15, 0.2) is 11.5 Å². The normalized spacial score (nSPS) is 10.5. The summed E-state index contributed by atoms with van der Waals surface area (Å²) in [5, 5.41) is 6.86. The second-order valence-electron chi connectivity index (χ2n) is 6.05. The first-order valence-electron chi connectivity index (χ1n) is 9.29. The van der Waals surface area contributed by atoms with Crippen molar-refractivity contribution in [3.63, 3.8) is 0 Å². The zero-order valence-corrected chi connectivity index (χ0v) is 17.8. The molecule has 1 aromatic heterocycles. The molecule has 0 aliphatic rings. The molecule has 0 atom stereocenters. The zero-order valence-electron chi connectivity index (χ0n) is 17.0. The topological polar surface area (TPSA) is 95.7 Å². The van der Waals surface area contributed by atoms with Crippen LogP contribution in [0.4, 0.5) is 5.69 Å². The fraction of sp³-hybridized carbons (Fsp3) is 0.286. The van der Waals surface area contributed by atoms with Crippen molar-refractivity contribution in [3.8, 4) is 28.6 Å². The molecule has 2 aromatic carbocycles. The first kappa shape index (κ1) is 21.5. The van der Waals surface area contributed by atoms with Gasteiger partial charge in [-0.05, 0) is 37.3 Å². The van der Waals surface area contributed by atoms with Crippen molar-refractivity contribution in [2.45, 2.75) is 12.7 Å². The van der Waals surface area contributed by atoms with Gasteiger partial charge < -0.3 is 24.1 Å². The molecule has 0 radical (unpaired) electrons. The molecule has 0 spiro atoms. The van der Waals surface area contributed by atoms with E-state index in [-0.39, 0.29) is 11.7 Å². The number of carbonyl (C=O) groups is 1. The molecular weight excluding hydrogens is 406 g/mol. The molecule has 158 valence electrons. The van der Waals surface area contributed by atoms with Gasteiger partial charge in [0.05, 0.1) is 38.0 Å².